The molecule has 0 saturated carbocycles. The minimum absolute atomic E-state index is 0. The number of hydrogen-bond acceptors (Lipinski definition) is 6. The molecule has 6 aromatic rings. The van der Waals surface area contributed by atoms with Gasteiger partial charge in [-0.15, -0.1) is 12.1 Å². The molecule has 0 saturated heterocycles. The molecule has 0 radical (unpaired) electrons. The molecule has 4 heterocycles. The first kappa shape index (κ1) is 30.6. The van der Waals surface area contributed by atoms with Crippen molar-refractivity contribution >= 4 is 0 Å². The van der Waals surface area contributed by atoms with Crippen molar-refractivity contribution in [2.24, 2.45) is 0 Å². The molecule has 44 heavy (non-hydrogen) atoms. The number of para-hydroxylation sites is 2. The maximum Gasteiger partial charge on any atom is 2.00 e. The molecule has 0 atom stereocenters. The van der Waals surface area contributed by atoms with Gasteiger partial charge in [-0.2, -0.15) is 0 Å². The largest absolute Gasteiger partial charge is 2.00 e. The Bertz CT molecular complexity index is 1750. The Morgan fingerprint density at radius 3 is 1.34 bits per heavy atom. The molecule has 220 valence electrons. The fraction of sp³-hybridized carbons (Fsp3) is 0.0857. The molecule has 6 rings (SSSR count). The minimum atomic E-state index is -0.755. The summed E-state index contributed by atoms with van der Waals surface area (Å²) in [5, 5.41) is 0. The van der Waals surface area contributed by atoms with Crippen molar-refractivity contribution in [2.45, 2.75) is 19.3 Å². The number of ether oxygens (including phenoxy) is 2. The third-order valence-corrected chi connectivity index (χ3v) is 6.73. The monoisotopic (exact) mass is 765 g/mol. The van der Waals surface area contributed by atoms with Gasteiger partial charge in [0.25, 0.3) is 0 Å². The summed E-state index contributed by atoms with van der Waals surface area (Å²) in [4.78, 5) is 17.4. The minimum Gasteiger partial charge on any atom is -0.484 e. The molecule has 6 nitrogen and oxygen atoms in total. The topological polar surface area (TPSA) is 70.0 Å². The van der Waals surface area contributed by atoms with Crippen LogP contribution in [0.25, 0.3) is 22.5 Å². The van der Waals surface area contributed by atoms with Crippen molar-refractivity contribution in [3.8, 4) is 45.8 Å². The zero-order valence-electron chi connectivity index (χ0n) is 23.6. The predicted molar refractivity (Wildman–Crippen MR) is 158 cm³/mol. The summed E-state index contributed by atoms with van der Waals surface area (Å²) in [6.07, 6.45) is 0. The normalized spacial score (nSPS) is 11.0. The van der Waals surface area contributed by atoms with Gasteiger partial charge in [0.05, 0.1) is 0 Å². The van der Waals surface area contributed by atoms with E-state index in [1.165, 1.54) is 12.1 Å². The van der Waals surface area contributed by atoms with E-state index in [4.69, 9.17) is 19.4 Å². The van der Waals surface area contributed by atoms with Gasteiger partial charge < -0.3 is 19.4 Å². The van der Waals surface area contributed by atoms with Crippen LogP contribution in [0.4, 0.5) is 8.78 Å². The first-order chi connectivity index (χ1) is 20.9. The van der Waals surface area contributed by atoms with Crippen molar-refractivity contribution in [1.29, 1.82) is 0 Å². The molecule has 0 spiro atoms. The molecule has 4 aromatic heterocycles. The van der Waals surface area contributed by atoms with Crippen LogP contribution in [-0.2, 0) is 26.5 Å². The SMILES string of the molecule is CC(C)(c1cccc(-c2[c-]cc(Oc3ccccc3)nc2F)n1)c1cccc(-c2[c-]cc(Oc3ccccc3)nc2F)n1.[Pt+2]. The van der Waals surface area contributed by atoms with Gasteiger partial charge in [0.1, 0.15) is 35.2 Å². The number of aromatic nitrogens is 4. The van der Waals surface area contributed by atoms with Crippen molar-refractivity contribution < 1.29 is 39.3 Å². The molecular formula is C35H24F2N4O2Pt. The number of benzene rings is 2. The Morgan fingerprint density at radius 2 is 0.955 bits per heavy atom. The molecule has 0 N–H and O–H groups in total. The number of rotatable bonds is 8. The van der Waals surface area contributed by atoms with E-state index >= 15 is 8.78 Å². The summed E-state index contributed by atoms with van der Waals surface area (Å²) < 4.78 is 41.4. The number of halogens is 2. The van der Waals surface area contributed by atoms with Crippen molar-refractivity contribution in [1.82, 2.24) is 19.9 Å². The van der Waals surface area contributed by atoms with Gasteiger partial charge in [0.15, 0.2) is 0 Å². The summed E-state index contributed by atoms with van der Waals surface area (Å²) in [7, 11) is 0. The number of hydrogen-bond donors (Lipinski definition) is 0. The summed E-state index contributed by atoms with van der Waals surface area (Å²) in [6.45, 7) is 3.88. The summed E-state index contributed by atoms with van der Waals surface area (Å²) in [6, 6.07) is 37.4. The van der Waals surface area contributed by atoms with Gasteiger partial charge in [0, 0.05) is 16.8 Å². The van der Waals surface area contributed by atoms with Crippen LogP contribution in [0.15, 0.2) is 109 Å². The van der Waals surface area contributed by atoms with E-state index in [2.05, 4.69) is 22.1 Å². The Hall–Kier alpha value is -4.81. The Balaban J connectivity index is 0.00000384. The van der Waals surface area contributed by atoms with E-state index in [0.717, 1.165) is 0 Å². The smallest absolute Gasteiger partial charge is 0.484 e. The summed E-state index contributed by atoms with van der Waals surface area (Å²) >= 11 is 0. The molecule has 0 bridgehead atoms. The van der Waals surface area contributed by atoms with Gasteiger partial charge in [-0.3, -0.25) is 9.97 Å². The molecule has 0 aliphatic carbocycles. The molecule has 9 heteroatoms. The summed E-state index contributed by atoms with van der Waals surface area (Å²) in [5.41, 5.74) is 1.46. The van der Waals surface area contributed by atoms with Crippen LogP contribution in [0.3, 0.4) is 0 Å². The van der Waals surface area contributed by atoms with Crippen molar-refractivity contribution in [3.63, 3.8) is 0 Å². The third-order valence-electron chi connectivity index (χ3n) is 6.73. The number of pyridine rings is 4. The third kappa shape index (κ3) is 6.71. The van der Waals surface area contributed by atoms with Crippen molar-refractivity contribution in [2.75, 3.05) is 0 Å². The molecule has 0 fully saturated rings. The second kappa shape index (κ2) is 13.2. The Morgan fingerprint density at radius 1 is 0.545 bits per heavy atom. The molecular weight excluding hydrogens is 741 g/mol. The standard InChI is InChI=1S/C35H24F2N4O2.Pt/c1-35(2,29-17-9-15-27(38-29)25-19-21-31(40-33(25)36)42-23-11-5-3-6-12-23)30-18-10-16-28(39-30)26-20-22-32(41-34(26)37)43-24-13-7-4-8-14-24;/h3-18,21-22H,1-2H3;/q-2;+2. The zero-order valence-corrected chi connectivity index (χ0v) is 25.8. The van der Waals surface area contributed by atoms with Crippen LogP contribution < -0.4 is 9.47 Å². The van der Waals surface area contributed by atoms with E-state index in [1.807, 2.05) is 62.4 Å². The molecule has 2 aromatic carbocycles. The van der Waals surface area contributed by atoms with Crippen LogP contribution in [0.2, 0.25) is 0 Å². The van der Waals surface area contributed by atoms with E-state index in [9.17, 15) is 0 Å². The van der Waals surface area contributed by atoms with E-state index in [0.29, 0.717) is 34.3 Å². The van der Waals surface area contributed by atoms with Crippen LogP contribution in [-0.4, -0.2) is 19.9 Å². The second-order valence-electron chi connectivity index (χ2n) is 10.1. The quantitative estimate of drug-likeness (QED) is 0.115. The second-order valence-corrected chi connectivity index (χ2v) is 10.1. The van der Waals surface area contributed by atoms with Gasteiger partial charge in [0.2, 0.25) is 0 Å². The zero-order chi connectivity index (χ0) is 29.8. The van der Waals surface area contributed by atoms with Crippen LogP contribution in [0.1, 0.15) is 25.2 Å². The molecule has 0 unspecified atom stereocenters. The predicted octanol–water partition coefficient (Wildman–Crippen LogP) is 8.39. The van der Waals surface area contributed by atoms with Gasteiger partial charge >= 0.3 is 21.1 Å². The van der Waals surface area contributed by atoms with Crippen LogP contribution in [0.5, 0.6) is 23.3 Å². The number of nitrogens with zero attached hydrogens (tertiary/aromatic N) is 4. The molecule has 0 amide bonds. The van der Waals surface area contributed by atoms with E-state index in [-0.39, 0.29) is 44.0 Å². The van der Waals surface area contributed by atoms with E-state index < -0.39 is 17.3 Å². The van der Waals surface area contributed by atoms with Crippen LogP contribution >= 0.6 is 0 Å². The van der Waals surface area contributed by atoms with Crippen LogP contribution in [0, 0.1) is 24.0 Å². The fourth-order valence-corrected chi connectivity index (χ4v) is 4.41. The van der Waals surface area contributed by atoms with E-state index in [1.54, 1.807) is 48.5 Å². The molecule has 0 aliphatic heterocycles. The maximum absolute atomic E-state index is 15.1. The molecule has 0 aliphatic rings. The van der Waals surface area contributed by atoms with Crippen molar-refractivity contribution in [3.05, 3.63) is 145 Å². The fourth-order valence-electron chi connectivity index (χ4n) is 4.41. The first-order valence-corrected chi connectivity index (χ1v) is 13.4. The average Bonchev–Trinajstić information content (AvgIpc) is 3.02. The van der Waals surface area contributed by atoms with Gasteiger partial charge in [-0.05, 0) is 61.6 Å². The first-order valence-electron chi connectivity index (χ1n) is 13.4. The average molecular weight is 766 g/mol. The Labute approximate surface area is 268 Å². The van der Waals surface area contributed by atoms with Gasteiger partial charge in [-0.1, -0.05) is 83.9 Å². The van der Waals surface area contributed by atoms with Gasteiger partial charge in [-0.25, -0.2) is 8.78 Å². The Kier molecular flexibility index (Phi) is 9.21. The summed E-state index contributed by atoms with van der Waals surface area (Å²) in [5.74, 6) is -0.261. The maximum atomic E-state index is 15.1.